The van der Waals surface area contributed by atoms with Crippen LogP contribution in [0.3, 0.4) is 0 Å². The fourth-order valence-electron chi connectivity index (χ4n) is 2.78. The topological polar surface area (TPSA) is 15.3 Å². The van der Waals surface area contributed by atoms with Crippen molar-refractivity contribution in [2.75, 3.05) is 25.0 Å². The van der Waals surface area contributed by atoms with Gasteiger partial charge in [-0.05, 0) is 55.9 Å². The normalized spacial score (nSPS) is 13.8. The van der Waals surface area contributed by atoms with Gasteiger partial charge in [0.05, 0.1) is 5.69 Å². The van der Waals surface area contributed by atoms with Crippen molar-refractivity contribution in [3.05, 3.63) is 46.2 Å². The molecule has 0 unspecified atom stereocenters. The Hall–Kier alpha value is -1.32. The number of nitrogens with one attached hydrogen (secondary N) is 1. The first-order valence-electron chi connectivity index (χ1n) is 6.96. The molecule has 2 aromatic rings. The molecule has 0 saturated carbocycles. The largest absolute Gasteiger partial charge is 0.340 e. The molecule has 0 spiro atoms. The minimum atomic E-state index is 1.07. The average molecular weight is 272 g/mol. The van der Waals surface area contributed by atoms with Gasteiger partial charge in [0.25, 0.3) is 0 Å². The summed E-state index contributed by atoms with van der Waals surface area (Å²) in [5.41, 5.74) is 4.30. The van der Waals surface area contributed by atoms with Crippen molar-refractivity contribution in [1.29, 1.82) is 0 Å². The molecule has 0 saturated heterocycles. The van der Waals surface area contributed by atoms with Crippen LogP contribution in [-0.4, -0.2) is 20.1 Å². The van der Waals surface area contributed by atoms with Crippen molar-refractivity contribution in [3.63, 3.8) is 0 Å². The minimum absolute atomic E-state index is 1.07. The van der Waals surface area contributed by atoms with Crippen LogP contribution >= 0.6 is 11.3 Å². The van der Waals surface area contributed by atoms with Gasteiger partial charge in [-0.15, -0.1) is 11.3 Å². The molecule has 2 nitrogen and oxygen atoms in total. The summed E-state index contributed by atoms with van der Waals surface area (Å²) < 4.78 is 0. The molecule has 0 radical (unpaired) electrons. The third-order valence-electron chi connectivity index (χ3n) is 3.73. The van der Waals surface area contributed by atoms with Crippen molar-refractivity contribution in [2.45, 2.75) is 19.3 Å². The van der Waals surface area contributed by atoms with Crippen molar-refractivity contribution >= 4 is 22.7 Å². The molecule has 0 atom stereocenters. The van der Waals surface area contributed by atoms with Crippen molar-refractivity contribution < 1.29 is 0 Å². The summed E-state index contributed by atoms with van der Waals surface area (Å²) in [6, 6.07) is 11.1. The Kier molecular flexibility index (Phi) is 3.85. The quantitative estimate of drug-likeness (QED) is 0.856. The van der Waals surface area contributed by atoms with Crippen molar-refractivity contribution in [2.24, 2.45) is 0 Å². The minimum Gasteiger partial charge on any atom is -0.340 e. The lowest BCUT2D eigenvalue weighted by Gasteiger charge is -2.25. The highest BCUT2D eigenvalue weighted by atomic mass is 32.1. The van der Waals surface area contributed by atoms with Crippen LogP contribution in [0.15, 0.2) is 35.7 Å². The smallest absolute Gasteiger partial charge is 0.0552 e. The zero-order chi connectivity index (χ0) is 13.1. The first kappa shape index (κ1) is 12.7. The van der Waals surface area contributed by atoms with E-state index in [1.54, 1.807) is 0 Å². The summed E-state index contributed by atoms with van der Waals surface area (Å²) in [5, 5.41) is 5.47. The third-order valence-corrected chi connectivity index (χ3v) is 4.69. The molecule has 2 heterocycles. The van der Waals surface area contributed by atoms with Gasteiger partial charge in [-0.2, -0.15) is 0 Å². The van der Waals surface area contributed by atoms with Gasteiger partial charge in [-0.3, -0.25) is 0 Å². The Morgan fingerprint density at radius 2 is 2.05 bits per heavy atom. The number of nitrogens with zero attached hydrogens (tertiary/aromatic N) is 1. The second-order valence-corrected chi connectivity index (χ2v) is 5.97. The number of thiophene rings is 1. The molecule has 0 fully saturated rings. The number of fused-ring (bicyclic) bond motifs is 2. The van der Waals surface area contributed by atoms with E-state index < -0.39 is 0 Å². The van der Waals surface area contributed by atoms with E-state index in [0.717, 1.165) is 19.5 Å². The molecule has 100 valence electrons. The Morgan fingerprint density at radius 1 is 1.16 bits per heavy atom. The van der Waals surface area contributed by atoms with Gasteiger partial charge in [0.15, 0.2) is 0 Å². The average Bonchev–Trinajstić information content (AvgIpc) is 2.85. The Bertz CT molecular complexity index is 547. The lowest BCUT2D eigenvalue weighted by Crippen LogP contribution is -2.22. The summed E-state index contributed by atoms with van der Waals surface area (Å²) in [6.07, 6.45) is 3.50. The van der Waals surface area contributed by atoms with Gasteiger partial charge in [0.2, 0.25) is 0 Å². The second kappa shape index (κ2) is 5.76. The van der Waals surface area contributed by atoms with E-state index in [1.807, 2.05) is 18.4 Å². The third kappa shape index (κ3) is 2.53. The highest BCUT2D eigenvalue weighted by molar-refractivity contribution is 7.10. The van der Waals surface area contributed by atoms with Gasteiger partial charge in [0.1, 0.15) is 0 Å². The van der Waals surface area contributed by atoms with Gasteiger partial charge in [-0.1, -0.05) is 18.2 Å². The van der Waals surface area contributed by atoms with Crippen LogP contribution in [0.1, 0.15) is 16.9 Å². The lowest BCUT2D eigenvalue weighted by atomic mass is 10.1. The molecule has 0 aliphatic carbocycles. The molecule has 1 N–H and O–H groups in total. The molecule has 0 bridgehead atoms. The van der Waals surface area contributed by atoms with E-state index >= 15 is 0 Å². The highest BCUT2D eigenvalue weighted by Crippen LogP contribution is 2.38. The number of para-hydroxylation sites is 1. The molecule has 1 aliphatic rings. The van der Waals surface area contributed by atoms with Crippen LogP contribution < -0.4 is 10.2 Å². The Balaban J connectivity index is 1.96. The lowest BCUT2D eigenvalue weighted by molar-refractivity contribution is 0.723. The SMILES string of the molecule is CNCCCN1c2ccccc2CCc2sccc21. The number of hydrogen-bond donors (Lipinski definition) is 1. The van der Waals surface area contributed by atoms with Gasteiger partial charge in [0, 0.05) is 17.1 Å². The van der Waals surface area contributed by atoms with Crippen LogP contribution in [0.5, 0.6) is 0 Å². The molecule has 3 heteroatoms. The Morgan fingerprint density at radius 3 is 2.95 bits per heavy atom. The molecule has 19 heavy (non-hydrogen) atoms. The number of benzene rings is 1. The predicted molar refractivity (Wildman–Crippen MR) is 83.7 cm³/mol. The first-order valence-corrected chi connectivity index (χ1v) is 7.84. The van der Waals surface area contributed by atoms with Crippen LogP contribution in [0.4, 0.5) is 11.4 Å². The maximum absolute atomic E-state index is 3.24. The summed E-state index contributed by atoms with van der Waals surface area (Å²) >= 11 is 1.89. The van der Waals surface area contributed by atoms with Gasteiger partial charge < -0.3 is 10.2 Å². The second-order valence-electron chi connectivity index (χ2n) is 4.97. The van der Waals surface area contributed by atoms with E-state index in [4.69, 9.17) is 0 Å². The maximum atomic E-state index is 3.24. The highest BCUT2D eigenvalue weighted by Gasteiger charge is 2.20. The summed E-state index contributed by atoms with van der Waals surface area (Å²) in [4.78, 5) is 4.03. The van der Waals surface area contributed by atoms with E-state index in [1.165, 1.54) is 34.7 Å². The molecule has 0 amide bonds. The number of anilines is 2. The zero-order valence-electron chi connectivity index (χ0n) is 11.4. The standard InChI is InChI=1S/C16H20N2S/c1-17-10-4-11-18-14-6-3-2-5-13(14)7-8-16-15(18)9-12-19-16/h2-3,5-6,9,12,17H,4,7-8,10-11H2,1H3. The van der Waals surface area contributed by atoms with E-state index in [0.29, 0.717) is 0 Å². The summed E-state index contributed by atoms with van der Waals surface area (Å²) in [6.45, 7) is 2.15. The van der Waals surface area contributed by atoms with Crippen LogP contribution in [0.2, 0.25) is 0 Å². The van der Waals surface area contributed by atoms with Crippen LogP contribution in [0, 0.1) is 0 Å². The van der Waals surface area contributed by atoms with E-state index in [2.05, 4.69) is 45.9 Å². The molecule has 3 rings (SSSR count). The molecular formula is C16H20N2S. The number of aryl methyl sites for hydroxylation is 2. The van der Waals surface area contributed by atoms with Crippen LogP contribution in [-0.2, 0) is 12.8 Å². The summed E-state index contributed by atoms with van der Waals surface area (Å²) in [5.74, 6) is 0. The zero-order valence-corrected chi connectivity index (χ0v) is 12.2. The van der Waals surface area contributed by atoms with Crippen molar-refractivity contribution in [1.82, 2.24) is 5.32 Å². The van der Waals surface area contributed by atoms with Crippen molar-refractivity contribution in [3.8, 4) is 0 Å². The monoisotopic (exact) mass is 272 g/mol. The van der Waals surface area contributed by atoms with E-state index in [9.17, 15) is 0 Å². The van der Waals surface area contributed by atoms with E-state index in [-0.39, 0.29) is 0 Å². The van der Waals surface area contributed by atoms with Gasteiger partial charge in [-0.25, -0.2) is 0 Å². The maximum Gasteiger partial charge on any atom is 0.0552 e. The molecular weight excluding hydrogens is 252 g/mol. The molecule has 1 aliphatic heterocycles. The van der Waals surface area contributed by atoms with Gasteiger partial charge >= 0.3 is 0 Å². The molecule has 1 aromatic heterocycles. The summed E-state index contributed by atoms with van der Waals surface area (Å²) in [7, 11) is 2.02. The van der Waals surface area contributed by atoms with Crippen LogP contribution in [0.25, 0.3) is 0 Å². The predicted octanol–water partition coefficient (Wildman–Crippen LogP) is 3.59. The number of hydrogen-bond acceptors (Lipinski definition) is 3. The molecule has 1 aromatic carbocycles. The Labute approximate surface area is 119 Å². The number of rotatable bonds is 4. The first-order chi connectivity index (χ1) is 9.40. The fourth-order valence-corrected chi connectivity index (χ4v) is 3.66. The fraction of sp³-hybridized carbons (Fsp3) is 0.375.